The fourth-order valence-corrected chi connectivity index (χ4v) is 1.86. The summed E-state index contributed by atoms with van der Waals surface area (Å²) in [6.45, 7) is 0. The molecule has 2 aromatic rings. The molecule has 0 amide bonds. The normalized spacial score (nSPS) is 12.5. The summed E-state index contributed by atoms with van der Waals surface area (Å²) in [5, 5.41) is 18.8. The minimum Gasteiger partial charge on any atom is -0.508 e. The molecule has 100 valence electrons. The fourth-order valence-electron chi connectivity index (χ4n) is 1.86. The van der Waals surface area contributed by atoms with Crippen LogP contribution in [0.4, 0.5) is 0 Å². The van der Waals surface area contributed by atoms with Crippen molar-refractivity contribution >= 4 is 16.9 Å². The highest BCUT2D eigenvalue weighted by Crippen LogP contribution is 2.23. The van der Waals surface area contributed by atoms with Gasteiger partial charge in [-0.05, 0) is 36.6 Å². The molecule has 0 spiro atoms. The first-order valence-electron chi connectivity index (χ1n) is 5.71. The van der Waals surface area contributed by atoms with Gasteiger partial charge in [0, 0.05) is 11.5 Å². The van der Waals surface area contributed by atoms with Crippen molar-refractivity contribution < 1.29 is 19.4 Å². The van der Waals surface area contributed by atoms with Crippen LogP contribution in [-0.4, -0.2) is 22.2 Å². The van der Waals surface area contributed by atoms with Crippen molar-refractivity contribution in [2.75, 3.05) is 0 Å². The van der Waals surface area contributed by atoms with E-state index in [2.05, 4.69) is 0 Å². The van der Waals surface area contributed by atoms with Gasteiger partial charge in [0.25, 0.3) is 0 Å². The second kappa shape index (κ2) is 5.11. The van der Waals surface area contributed by atoms with Crippen LogP contribution in [0.15, 0.2) is 33.5 Å². The zero-order chi connectivity index (χ0) is 14.0. The second-order valence-corrected chi connectivity index (χ2v) is 4.25. The Morgan fingerprint density at radius 1 is 1.37 bits per heavy atom. The summed E-state index contributed by atoms with van der Waals surface area (Å²) in [5.41, 5.74) is 5.87. The van der Waals surface area contributed by atoms with Crippen LogP contribution in [0.1, 0.15) is 12.0 Å². The Labute approximate surface area is 108 Å². The Kier molecular flexibility index (Phi) is 3.52. The summed E-state index contributed by atoms with van der Waals surface area (Å²) in [5.74, 6) is -1.04. The summed E-state index contributed by atoms with van der Waals surface area (Å²) >= 11 is 0. The maximum absolute atomic E-state index is 11.4. The number of hydrogen-bond acceptors (Lipinski definition) is 5. The van der Waals surface area contributed by atoms with Crippen molar-refractivity contribution in [3.63, 3.8) is 0 Å². The third-order valence-corrected chi connectivity index (χ3v) is 2.85. The van der Waals surface area contributed by atoms with Crippen molar-refractivity contribution in [1.29, 1.82) is 0 Å². The molecule has 19 heavy (non-hydrogen) atoms. The predicted molar refractivity (Wildman–Crippen MR) is 68.1 cm³/mol. The highest BCUT2D eigenvalue weighted by atomic mass is 16.4. The lowest BCUT2D eigenvalue weighted by molar-refractivity contribution is -0.138. The molecule has 4 N–H and O–H groups in total. The predicted octanol–water partition coefficient (Wildman–Crippen LogP) is 0.843. The number of phenols is 1. The lowest BCUT2D eigenvalue weighted by Crippen LogP contribution is -2.30. The molecule has 6 nitrogen and oxygen atoms in total. The smallest absolute Gasteiger partial charge is 0.336 e. The highest BCUT2D eigenvalue weighted by molar-refractivity contribution is 5.81. The number of carboxylic acid groups (broad SMARTS) is 1. The van der Waals surface area contributed by atoms with Crippen LogP contribution in [0.5, 0.6) is 5.75 Å². The average Bonchev–Trinajstić information content (AvgIpc) is 2.36. The summed E-state index contributed by atoms with van der Waals surface area (Å²) in [6.07, 6.45) is 0.516. The molecule has 0 aliphatic carbocycles. The molecule has 0 aliphatic rings. The molecule has 6 heteroatoms. The van der Waals surface area contributed by atoms with Gasteiger partial charge in [0.1, 0.15) is 17.4 Å². The van der Waals surface area contributed by atoms with E-state index < -0.39 is 17.6 Å². The van der Waals surface area contributed by atoms with Gasteiger partial charge in [-0.25, -0.2) is 4.79 Å². The number of carbonyl (C=O) groups is 1. The quantitative estimate of drug-likeness (QED) is 0.704. The van der Waals surface area contributed by atoms with E-state index in [4.69, 9.17) is 15.3 Å². The molecule has 1 aromatic carbocycles. The van der Waals surface area contributed by atoms with Crippen LogP contribution in [0.2, 0.25) is 0 Å². The summed E-state index contributed by atoms with van der Waals surface area (Å²) in [6, 6.07) is 4.68. The van der Waals surface area contributed by atoms with Crippen LogP contribution in [-0.2, 0) is 11.2 Å². The van der Waals surface area contributed by atoms with E-state index in [1.54, 1.807) is 0 Å². The first-order valence-corrected chi connectivity index (χ1v) is 5.71. The molecule has 2 rings (SSSR count). The Hall–Kier alpha value is -2.34. The van der Waals surface area contributed by atoms with Gasteiger partial charge < -0.3 is 20.4 Å². The van der Waals surface area contributed by atoms with Gasteiger partial charge in [-0.1, -0.05) is 0 Å². The van der Waals surface area contributed by atoms with Crippen LogP contribution >= 0.6 is 0 Å². The van der Waals surface area contributed by atoms with Gasteiger partial charge in [0.05, 0.1) is 0 Å². The van der Waals surface area contributed by atoms with Crippen molar-refractivity contribution in [2.45, 2.75) is 18.9 Å². The Balaban J connectivity index is 2.38. The largest absolute Gasteiger partial charge is 0.508 e. The van der Waals surface area contributed by atoms with Gasteiger partial charge in [-0.2, -0.15) is 0 Å². The first-order chi connectivity index (χ1) is 8.97. The Morgan fingerprint density at radius 2 is 2.11 bits per heavy atom. The number of fused-ring (bicyclic) bond motifs is 1. The number of rotatable bonds is 4. The van der Waals surface area contributed by atoms with Gasteiger partial charge in [0.2, 0.25) is 0 Å². The number of aryl methyl sites for hydroxylation is 1. The molecule has 1 aromatic heterocycles. The van der Waals surface area contributed by atoms with E-state index in [0.717, 1.165) is 0 Å². The maximum Gasteiger partial charge on any atom is 0.336 e. The van der Waals surface area contributed by atoms with E-state index in [-0.39, 0.29) is 12.2 Å². The molecule has 0 fully saturated rings. The number of aliphatic carboxylic acids is 1. The topological polar surface area (TPSA) is 114 Å². The summed E-state index contributed by atoms with van der Waals surface area (Å²) < 4.78 is 5.00. The zero-order valence-electron chi connectivity index (χ0n) is 10.00. The molecule has 0 saturated heterocycles. The summed E-state index contributed by atoms with van der Waals surface area (Å²) in [7, 11) is 0. The Bertz CT molecular complexity index is 676. The van der Waals surface area contributed by atoms with Crippen LogP contribution in [0.25, 0.3) is 11.0 Å². The average molecular weight is 263 g/mol. The molecule has 0 unspecified atom stereocenters. The fraction of sp³-hybridized carbons (Fsp3) is 0.231. The van der Waals surface area contributed by atoms with Crippen LogP contribution in [0, 0.1) is 0 Å². The number of benzene rings is 1. The van der Waals surface area contributed by atoms with E-state index in [9.17, 15) is 14.7 Å². The van der Waals surface area contributed by atoms with Crippen molar-refractivity contribution in [2.24, 2.45) is 5.73 Å². The number of hydrogen-bond donors (Lipinski definition) is 3. The molecule has 0 aliphatic heterocycles. The molecular weight excluding hydrogens is 250 g/mol. The van der Waals surface area contributed by atoms with E-state index in [1.807, 2.05) is 0 Å². The number of carboxylic acids is 1. The molecular formula is C13H13NO5. The van der Waals surface area contributed by atoms with Crippen LogP contribution in [0.3, 0.4) is 0 Å². The second-order valence-electron chi connectivity index (χ2n) is 4.25. The minimum atomic E-state index is -1.09. The van der Waals surface area contributed by atoms with Crippen molar-refractivity contribution in [3.8, 4) is 5.75 Å². The SMILES string of the molecule is N[C@@H](CCc1cc(=O)oc2ccc(O)cc12)C(=O)O. The molecule has 1 atom stereocenters. The van der Waals surface area contributed by atoms with Gasteiger partial charge >= 0.3 is 11.6 Å². The number of nitrogens with two attached hydrogens (primary N) is 1. The number of aromatic hydroxyl groups is 1. The Morgan fingerprint density at radius 3 is 2.79 bits per heavy atom. The standard InChI is InChI=1S/C13H13NO5/c14-10(13(17)18)3-1-7-5-12(16)19-11-4-2-8(15)6-9(7)11/h2,4-6,10,15H,1,3,14H2,(H,17,18)/t10-/m0/s1. The van der Waals surface area contributed by atoms with E-state index in [0.29, 0.717) is 23.0 Å². The van der Waals surface area contributed by atoms with Crippen LogP contribution < -0.4 is 11.4 Å². The molecule has 0 radical (unpaired) electrons. The minimum absolute atomic E-state index is 0.0464. The molecule has 0 bridgehead atoms. The first kappa shape index (κ1) is 13.1. The monoisotopic (exact) mass is 263 g/mol. The number of phenolic OH excluding ortho intramolecular Hbond substituents is 1. The lowest BCUT2D eigenvalue weighted by atomic mass is 10.0. The molecule has 0 saturated carbocycles. The lowest BCUT2D eigenvalue weighted by Gasteiger charge is -2.08. The third kappa shape index (κ3) is 2.92. The maximum atomic E-state index is 11.4. The van der Waals surface area contributed by atoms with Crippen molar-refractivity contribution in [3.05, 3.63) is 40.2 Å². The van der Waals surface area contributed by atoms with E-state index in [1.165, 1.54) is 24.3 Å². The highest BCUT2D eigenvalue weighted by Gasteiger charge is 2.13. The molecule has 1 heterocycles. The summed E-state index contributed by atoms with van der Waals surface area (Å²) in [4.78, 5) is 22.1. The van der Waals surface area contributed by atoms with Gasteiger partial charge in [-0.3, -0.25) is 4.79 Å². The third-order valence-electron chi connectivity index (χ3n) is 2.85. The van der Waals surface area contributed by atoms with E-state index >= 15 is 0 Å². The zero-order valence-corrected chi connectivity index (χ0v) is 10.00. The van der Waals surface area contributed by atoms with Crippen molar-refractivity contribution in [1.82, 2.24) is 0 Å². The van der Waals surface area contributed by atoms with Gasteiger partial charge in [-0.15, -0.1) is 0 Å². The van der Waals surface area contributed by atoms with Gasteiger partial charge in [0.15, 0.2) is 0 Å².